The smallest absolute Gasteiger partial charge is 0.350 e. The second-order valence-electron chi connectivity index (χ2n) is 2.54. The largest absolute Gasteiger partial charge is 0.469 e. The highest BCUT2D eigenvalue weighted by Crippen LogP contribution is 2.31. The lowest BCUT2D eigenvalue weighted by Gasteiger charge is -2.20. The lowest BCUT2D eigenvalue weighted by molar-refractivity contribution is -0.159. The summed E-state index contributed by atoms with van der Waals surface area (Å²) in [6.45, 7) is 1.70. The Morgan fingerprint density at radius 2 is 2.55 bits per heavy atom. The van der Waals surface area contributed by atoms with Gasteiger partial charge < -0.3 is 9.47 Å². The first-order valence-corrected chi connectivity index (χ1v) is 4.01. The quantitative estimate of drug-likeness (QED) is 0.630. The van der Waals surface area contributed by atoms with Gasteiger partial charge in [-0.05, 0) is 28.9 Å². The van der Waals surface area contributed by atoms with E-state index in [1.807, 2.05) is 0 Å². The van der Waals surface area contributed by atoms with Crippen LogP contribution in [0.3, 0.4) is 0 Å². The van der Waals surface area contributed by atoms with Crippen molar-refractivity contribution in [2.24, 2.45) is 0 Å². The Morgan fingerprint density at radius 1 is 1.91 bits per heavy atom. The molecule has 0 saturated heterocycles. The van der Waals surface area contributed by atoms with Crippen molar-refractivity contribution in [1.29, 1.82) is 0 Å². The van der Waals surface area contributed by atoms with Crippen molar-refractivity contribution in [3.63, 3.8) is 0 Å². The molecule has 62 valence electrons. The van der Waals surface area contributed by atoms with Crippen molar-refractivity contribution >= 4 is 21.9 Å². The molecule has 0 spiro atoms. The van der Waals surface area contributed by atoms with Crippen LogP contribution in [0.2, 0.25) is 0 Å². The van der Waals surface area contributed by atoms with Gasteiger partial charge in [0.2, 0.25) is 5.60 Å². The number of hydrogen-bond donors (Lipinski definition) is 0. The predicted molar refractivity (Wildman–Crippen MR) is 43.1 cm³/mol. The van der Waals surface area contributed by atoms with Crippen LogP contribution in [-0.4, -0.2) is 18.7 Å². The molecular weight excluding hydrogens is 212 g/mol. The molecule has 0 amide bonds. The topological polar surface area (TPSA) is 35.5 Å². The van der Waals surface area contributed by atoms with E-state index in [0.717, 1.165) is 0 Å². The summed E-state index contributed by atoms with van der Waals surface area (Å²) in [6, 6.07) is 0. The third-order valence-corrected chi connectivity index (χ3v) is 2.08. The molecule has 1 atom stereocenters. The summed E-state index contributed by atoms with van der Waals surface area (Å²) in [5.41, 5.74) is -0.826. The lowest BCUT2D eigenvalue weighted by atomic mass is 10.1. The zero-order chi connectivity index (χ0) is 8.48. The number of methoxy groups -OCH3 is 1. The molecule has 0 aromatic carbocycles. The molecule has 0 N–H and O–H groups in total. The maximum Gasteiger partial charge on any atom is 0.350 e. The Balaban J connectivity index is 2.66. The highest BCUT2D eigenvalue weighted by Gasteiger charge is 2.39. The summed E-state index contributed by atoms with van der Waals surface area (Å²) in [6.07, 6.45) is 2.36. The summed E-state index contributed by atoms with van der Waals surface area (Å²) in [5.74, 6) is -0.344. The summed E-state index contributed by atoms with van der Waals surface area (Å²) in [4.78, 5) is 11.1. The molecule has 0 fully saturated rings. The van der Waals surface area contributed by atoms with E-state index < -0.39 is 5.60 Å². The Labute approximate surface area is 73.5 Å². The van der Waals surface area contributed by atoms with Gasteiger partial charge in [0.1, 0.15) is 0 Å². The molecule has 0 saturated carbocycles. The standard InChI is InChI=1S/C7H9BrO3/c1-7(6(9)10-2)4-3-5(8)11-7/h3H,4H2,1-2H3. The van der Waals surface area contributed by atoms with Gasteiger partial charge in [-0.1, -0.05) is 0 Å². The average Bonchev–Trinajstić information content (AvgIpc) is 2.31. The molecule has 1 aliphatic rings. The van der Waals surface area contributed by atoms with Crippen LogP contribution in [0.1, 0.15) is 13.3 Å². The lowest BCUT2D eigenvalue weighted by Crippen LogP contribution is -2.35. The first kappa shape index (κ1) is 8.59. The minimum atomic E-state index is -0.826. The number of hydrogen-bond acceptors (Lipinski definition) is 3. The zero-order valence-corrected chi connectivity index (χ0v) is 7.97. The summed E-state index contributed by atoms with van der Waals surface area (Å²) >= 11 is 3.14. The maximum atomic E-state index is 11.1. The van der Waals surface area contributed by atoms with Crippen LogP contribution in [0.25, 0.3) is 0 Å². The second-order valence-corrected chi connectivity index (χ2v) is 3.32. The minimum absolute atomic E-state index is 0.344. The Kier molecular flexibility index (Phi) is 2.23. The zero-order valence-electron chi connectivity index (χ0n) is 6.39. The van der Waals surface area contributed by atoms with E-state index in [1.165, 1.54) is 7.11 Å². The van der Waals surface area contributed by atoms with Crippen LogP contribution in [0, 0.1) is 0 Å². The maximum absolute atomic E-state index is 11.1. The number of carbonyl (C=O) groups excluding carboxylic acids is 1. The van der Waals surface area contributed by atoms with E-state index in [4.69, 9.17) is 4.74 Å². The van der Waals surface area contributed by atoms with Gasteiger partial charge in [-0.2, -0.15) is 0 Å². The van der Waals surface area contributed by atoms with Gasteiger partial charge in [0.05, 0.1) is 7.11 Å². The molecule has 0 aromatic rings. The van der Waals surface area contributed by atoms with Crippen LogP contribution >= 0.6 is 15.9 Å². The van der Waals surface area contributed by atoms with Gasteiger partial charge in [-0.3, -0.25) is 0 Å². The predicted octanol–water partition coefficient (Wildman–Crippen LogP) is 1.57. The van der Waals surface area contributed by atoms with Crippen LogP contribution < -0.4 is 0 Å². The monoisotopic (exact) mass is 220 g/mol. The van der Waals surface area contributed by atoms with Crippen molar-refractivity contribution in [2.45, 2.75) is 18.9 Å². The molecular formula is C7H9BrO3. The third kappa shape index (κ3) is 1.56. The van der Waals surface area contributed by atoms with Crippen LogP contribution in [0.5, 0.6) is 0 Å². The van der Waals surface area contributed by atoms with E-state index in [1.54, 1.807) is 13.0 Å². The Morgan fingerprint density at radius 3 is 2.91 bits per heavy atom. The Bertz CT molecular complexity index is 212. The summed E-state index contributed by atoms with van der Waals surface area (Å²) in [7, 11) is 1.35. The number of halogens is 1. The summed E-state index contributed by atoms with van der Waals surface area (Å²) in [5, 5.41) is 0. The van der Waals surface area contributed by atoms with Gasteiger partial charge >= 0.3 is 5.97 Å². The van der Waals surface area contributed by atoms with Crippen molar-refractivity contribution < 1.29 is 14.3 Å². The molecule has 0 aliphatic carbocycles. The van der Waals surface area contributed by atoms with Crippen molar-refractivity contribution in [1.82, 2.24) is 0 Å². The first-order valence-electron chi connectivity index (χ1n) is 3.21. The van der Waals surface area contributed by atoms with Crippen LogP contribution in [0.15, 0.2) is 10.7 Å². The van der Waals surface area contributed by atoms with E-state index in [2.05, 4.69) is 20.7 Å². The first-order chi connectivity index (χ1) is 5.08. The second kappa shape index (κ2) is 2.85. The molecule has 1 heterocycles. The molecule has 1 rings (SSSR count). The fourth-order valence-electron chi connectivity index (χ4n) is 0.914. The van der Waals surface area contributed by atoms with E-state index >= 15 is 0 Å². The van der Waals surface area contributed by atoms with E-state index in [0.29, 0.717) is 11.1 Å². The van der Waals surface area contributed by atoms with Gasteiger partial charge in [0.25, 0.3) is 0 Å². The normalized spacial score (nSPS) is 29.2. The molecule has 3 nitrogen and oxygen atoms in total. The molecule has 1 aliphatic heterocycles. The van der Waals surface area contributed by atoms with Gasteiger partial charge in [0, 0.05) is 6.42 Å². The van der Waals surface area contributed by atoms with Crippen molar-refractivity contribution in [3.05, 3.63) is 10.7 Å². The third-order valence-electron chi connectivity index (χ3n) is 1.59. The average molecular weight is 221 g/mol. The molecule has 0 aromatic heterocycles. The minimum Gasteiger partial charge on any atom is -0.469 e. The van der Waals surface area contributed by atoms with Crippen molar-refractivity contribution in [3.8, 4) is 0 Å². The van der Waals surface area contributed by atoms with Crippen molar-refractivity contribution in [2.75, 3.05) is 7.11 Å². The van der Waals surface area contributed by atoms with E-state index in [-0.39, 0.29) is 5.97 Å². The SMILES string of the molecule is COC(=O)C1(C)CC=C(Br)O1. The molecule has 0 bridgehead atoms. The van der Waals surface area contributed by atoms with Gasteiger partial charge in [-0.15, -0.1) is 0 Å². The number of esters is 1. The molecule has 11 heavy (non-hydrogen) atoms. The number of carbonyl (C=O) groups is 1. The number of rotatable bonds is 1. The molecule has 0 radical (unpaired) electrons. The van der Waals surface area contributed by atoms with E-state index in [9.17, 15) is 4.79 Å². The Hall–Kier alpha value is -0.510. The fraction of sp³-hybridized carbons (Fsp3) is 0.571. The molecule has 4 heteroatoms. The fourth-order valence-corrected chi connectivity index (χ4v) is 1.43. The summed E-state index contributed by atoms with van der Waals surface area (Å²) < 4.78 is 10.4. The number of ether oxygens (including phenoxy) is 2. The van der Waals surface area contributed by atoms with Gasteiger partial charge in [0.15, 0.2) is 4.67 Å². The highest BCUT2D eigenvalue weighted by atomic mass is 79.9. The van der Waals surface area contributed by atoms with Crippen LogP contribution in [0.4, 0.5) is 0 Å². The van der Waals surface area contributed by atoms with Crippen LogP contribution in [-0.2, 0) is 14.3 Å². The highest BCUT2D eigenvalue weighted by molar-refractivity contribution is 9.11. The van der Waals surface area contributed by atoms with Gasteiger partial charge in [-0.25, -0.2) is 4.79 Å². The molecule has 1 unspecified atom stereocenters.